The standard InChI is InChI=1S/C19H22N2O6/c1-24-14-9-12(10-15(25-2)16(14)26-3)21-18(23)19(6-7-19)17(22)20-11-13-5-4-8-27-13/h4-5,8-10H,6-7,11H2,1-3H3,(H,20,22)(H,21,23). The Labute approximate surface area is 156 Å². The fourth-order valence-corrected chi connectivity index (χ4v) is 2.84. The molecule has 1 heterocycles. The summed E-state index contributed by atoms with van der Waals surface area (Å²) in [7, 11) is 4.49. The van der Waals surface area contributed by atoms with Gasteiger partial charge in [0, 0.05) is 17.8 Å². The lowest BCUT2D eigenvalue weighted by Crippen LogP contribution is -2.39. The number of benzene rings is 1. The molecule has 2 amide bonds. The molecule has 8 nitrogen and oxygen atoms in total. The van der Waals surface area contributed by atoms with Crippen LogP contribution in [0.15, 0.2) is 34.9 Å². The van der Waals surface area contributed by atoms with Crippen LogP contribution in [0.2, 0.25) is 0 Å². The van der Waals surface area contributed by atoms with Crippen molar-refractivity contribution in [3.05, 3.63) is 36.3 Å². The van der Waals surface area contributed by atoms with Gasteiger partial charge in [-0.1, -0.05) is 0 Å². The van der Waals surface area contributed by atoms with Gasteiger partial charge in [0.25, 0.3) is 0 Å². The minimum absolute atomic E-state index is 0.241. The molecule has 0 radical (unpaired) electrons. The van der Waals surface area contributed by atoms with Gasteiger partial charge in [0.15, 0.2) is 11.5 Å². The Hall–Kier alpha value is -3.16. The van der Waals surface area contributed by atoms with Crippen molar-refractivity contribution in [2.24, 2.45) is 5.41 Å². The number of hydrogen-bond donors (Lipinski definition) is 2. The maximum Gasteiger partial charge on any atom is 0.240 e. The lowest BCUT2D eigenvalue weighted by molar-refractivity contribution is -0.134. The van der Waals surface area contributed by atoms with Crippen LogP contribution in [0, 0.1) is 5.41 Å². The van der Waals surface area contributed by atoms with Crippen LogP contribution in [-0.2, 0) is 16.1 Å². The summed E-state index contributed by atoms with van der Waals surface area (Å²) in [6.07, 6.45) is 2.52. The molecule has 8 heteroatoms. The third-order valence-corrected chi connectivity index (χ3v) is 4.55. The van der Waals surface area contributed by atoms with Crippen LogP contribution >= 0.6 is 0 Å². The number of ether oxygens (including phenoxy) is 3. The molecule has 1 aromatic carbocycles. The molecule has 1 aliphatic rings. The Bertz CT molecular complexity index is 802. The van der Waals surface area contributed by atoms with Gasteiger partial charge in [-0.25, -0.2) is 0 Å². The van der Waals surface area contributed by atoms with Crippen LogP contribution in [0.25, 0.3) is 0 Å². The molecule has 0 spiro atoms. The highest BCUT2D eigenvalue weighted by Gasteiger charge is 2.56. The molecule has 0 atom stereocenters. The third-order valence-electron chi connectivity index (χ3n) is 4.55. The van der Waals surface area contributed by atoms with Crippen molar-refractivity contribution in [3.8, 4) is 17.2 Å². The molecule has 1 saturated carbocycles. The second kappa shape index (κ2) is 7.61. The molecule has 0 bridgehead atoms. The van der Waals surface area contributed by atoms with E-state index < -0.39 is 5.41 Å². The first-order valence-electron chi connectivity index (χ1n) is 8.46. The van der Waals surface area contributed by atoms with Crippen molar-refractivity contribution in [1.29, 1.82) is 0 Å². The Morgan fingerprint density at radius 3 is 2.22 bits per heavy atom. The Morgan fingerprint density at radius 2 is 1.74 bits per heavy atom. The summed E-state index contributed by atoms with van der Waals surface area (Å²) in [5, 5.41) is 5.54. The average Bonchev–Trinajstić information content (AvgIpc) is 3.34. The van der Waals surface area contributed by atoms with Crippen molar-refractivity contribution in [1.82, 2.24) is 5.32 Å². The normalized spacial score (nSPS) is 14.2. The molecule has 3 rings (SSSR count). The average molecular weight is 374 g/mol. The largest absolute Gasteiger partial charge is 0.493 e. The lowest BCUT2D eigenvalue weighted by atomic mass is 10.0. The van der Waals surface area contributed by atoms with Gasteiger partial charge in [-0.05, 0) is 25.0 Å². The summed E-state index contributed by atoms with van der Waals surface area (Å²) in [6.45, 7) is 0.241. The van der Waals surface area contributed by atoms with E-state index in [-0.39, 0.29) is 18.4 Å². The molecule has 0 saturated heterocycles. The number of furan rings is 1. The number of hydrogen-bond acceptors (Lipinski definition) is 6. The van der Waals surface area contributed by atoms with E-state index in [4.69, 9.17) is 18.6 Å². The van der Waals surface area contributed by atoms with Gasteiger partial charge < -0.3 is 29.3 Å². The van der Waals surface area contributed by atoms with Crippen molar-refractivity contribution < 1.29 is 28.2 Å². The maximum absolute atomic E-state index is 12.7. The Morgan fingerprint density at radius 1 is 1.07 bits per heavy atom. The quantitative estimate of drug-likeness (QED) is 0.688. The van der Waals surface area contributed by atoms with Crippen molar-refractivity contribution in [3.63, 3.8) is 0 Å². The molecule has 0 aliphatic heterocycles. The molecule has 2 aromatic rings. The number of methoxy groups -OCH3 is 3. The maximum atomic E-state index is 12.7. The molecule has 144 valence electrons. The summed E-state index contributed by atoms with van der Waals surface area (Å²) in [6, 6.07) is 6.74. The smallest absolute Gasteiger partial charge is 0.240 e. The molecule has 1 aromatic heterocycles. The number of nitrogens with one attached hydrogen (secondary N) is 2. The molecule has 1 aliphatic carbocycles. The summed E-state index contributed by atoms with van der Waals surface area (Å²) >= 11 is 0. The number of carbonyl (C=O) groups is 2. The number of anilines is 1. The number of amides is 2. The molecule has 2 N–H and O–H groups in total. The first-order chi connectivity index (χ1) is 13.0. The van der Waals surface area contributed by atoms with E-state index in [1.54, 1.807) is 24.3 Å². The zero-order valence-corrected chi connectivity index (χ0v) is 15.5. The van der Waals surface area contributed by atoms with E-state index >= 15 is 0 Å². The summed E-state index contributed by atoms with van der Waals surface area (Å²) in [5.41, 5.74) is -0.605. The van der Waals surface area contributed by atoms with Gasteiger partial charge >= 0.3 is 0 Å². The zero-order chi connectivity index (χ0) is 19.4. The number of rotatable bonds is 8. The van der Waals surface area contributed by atoms with Gasteiger partial charge in [0.2, 0.25) is 17.6 Å². The fourth-order valence-electron chi connectivity index (χ4n) is 2.84. The van der Waals surface area contributed by atoms with E-state index in [0.717, 1.165) is 0 Å². The SMILES string of the molecule is COc1cc(NC(=O)C2(C(=O)NCc3ccco3)CC2)cc(OC)c1OC. The van der Waals surface area contributed by atoms with E-state index in [9.17, 15) is 9.59 Å². The monoisotopic (exact) mass is 374 g/mol. The van der Waals surface area contributed by atoms with Crippen LogP contribution in [0.4, 0.5) is 5.69 Å². The van der Waals surface area contributed by atoms with Gasteiger partial charge in [-0.2, -0.15) is 0 Å². The van der Waals surface area contributed by atoms with Gasteiger partial charge in [0.05, 0.1) is 34.1 Å². The predicted octanol–water partition coefficient (Wildman–Crippen LogP) is 2.34. The topological polar surface area (TPSA) is 99.0 Å². The molecular formula is C19H22N2O6. The Kier molecular flexibility index (Phi) is 5.25. The van der Waals surface area contributed by atoms with E-state index in [0.29, 0.717) is 41.5 Å². The van der Waals surface area contributed by atoms with Crippen molar-refractivity contribution >= 4 is 17.5 Å². The Balaban J connectivity index is 1.71. The lowest BCUT2D eigenvalue weighted by Gasteiger charge is -2.17. The third kappa shape index (κ3) is 3.69. The molecular weight excluding hydrogens is 352 g/mol. The number of carbonyl (C=O) groups excluding carboxylic acids is 2. The van der Waals surface area contributed by atoms with Crippen LogP contribution in [-0.4, -0.2) is 33.1 Å². The molecule has 0 unspecified atom stereocenters. The summed E-state index contributed by atoms with van der Waals surface area (Å²) in [5.74, 6) is 1.20. The van der Waals surface area contributed by atoms with Crippen molar-refractivity contribution in [2.45, 2.75) is 19.4 Å². The highest BCUT2D eigenvalue weighted by atomic mass is 16.5. The fraction of sp³-hybridized carbons (Fsp3) is 0.368. The van der Waals surface area contributed by atoms with Crippen molar-refractivity contribution in [2.75, 3.05) is 26.6 Å². The minimum Gasteiger partial charge on any atom is -0.493 e. The second-order valence-corrected chi connectivity index (χ2v) is 6.21. The highest BCUT2D eigenvalue weighted by molar-refractivity contribution is 6.13. The predicted molar refractivity (Wildman–Crippen MR) is 96.9 cm³/mol. The van der Waals surface area contributed by atoms with Crippen LogP contribution < -0.4 is 24.8 Å². The first-order valence-corrected chi connectivity index (χ1v) is 8.46. The van der Waals surface area contributed by atoms with Crippen LogP contribution in [0.5, 0.6) is 17.2 Å². The van der Waals surface area contributed by atoms with E-state index in [1.165, 1.54) is 27.6 Å². The van der Waals surface area contributed by atoms with Crippen LogP contribution in [0.3, 0.4) is 0 Å². The van der Waals surface area contributed by atoms with E-state index in [1.807, 2.05) is 0 Å². The highest BCUT2D eigenvalue weighted by Crippen LogP contribution is 2.47. The van der Waals surface area contributed by atoms with Crippen LogP contribution in [0.1, 0.15) is 18.6 Å². The summed E-state index contributed by atoms with van der Waals surface area (Å²) < 4.78 is 21.0. The second-order valence-electron chi connectivity index (χ2n) is 6.21. The van der Waals surface area contributed by atoms with Gasteiger partial charge in [-0.15, -0.1) is 0 Å². The zero-order valence-electron chi connectivity index (χ0n) is 15.5. The molecule has 1 fully saturated rings. The first kappa shape index (κ1) is 18.6. The van der Waals surface area contributed by atoms with Gasteiger partial charge in [0.1, 0.15) is 11.2 Å². The van der Waals surface area contributed by atoms with Gasteiger partial charge in [-0.3, -0.25) is 9.59 Å². The molecule has 27 heavy (non-hydrogen) atoms. The minimum atomic E-state index is -1.06. The summed E-state index contributed by atoms with van der Waals surface area (Å²) in [4.78, 5) is 25.3. The van der Waals surface area contributed by atoms with E-state index in [2.05, 4.69) is 10.6 Å².